The molecule has 0 aliphatic carbocycles. The zero-order chi connectivity index (χ0) is 14.9. The van der Waals surface area contributed by atoms with Crippen molar-refractivity contribution in [2.24, 2.45) is 0 Å². The van der Waals surface area contributed by atoms with E-state index in [2.05, 4.69) is 9.72 Å². The van der Waals surface area contributed by atoms with E-state index in [1.54, 1.807) is 0 Å². The third-order valence-electron chi connectivity index (χ3n) is 2.54. The molecule has 1 aromatic carbocycles. The minimum Gasteiger partial charge on any atom is -0.462 e. The Morgan fingerprint density at radius 3 is 2.60 bits per heavy atom. The number of nitrogens with zero attached hydrogens (tertiary/aromatic N) is 1. The maximum atomic E-state index is 13.1. The first-order valence-corrected chi connectivity index (χ1v) is 5.67. The Hall–Kier alpha value is -2.18. The van der Waals surface area contributed by atoms with Crippen LogP contribution < -0.4 is 0 Å². The van der Waals surface area contributed by atoms with Gasteiger partial charge in [-0.2, -0.15) is 13.2 Å². The summed E-state index contributed by atoms with van der Waals surface area (Å²) in [7, 11) is 0. The van der Waals surface area contributed by atoms with E-state index in [0.29, 0.717) is 0 Å². The second-order valence-corrected chi connectivity index (χ2v) is 3.94. The number of rotatable bonds is 2. The number of aromatic nitrogens is 1. The number of benzene rings is 1. The average molecular weight is 287 g/mol. The minimum atomic E-state index is -4.80. The van der Waals surface area contributed by atoms with Gasteiger partial charge >= 0.3 is 12.1 Å². The lowest BCUT2D eigenvalue weighted by Gasteiger charge is -2.12. The molecule has 0 radical (unpaired) electrons. The molecule has 3 nitrogen and oxygen atoms in total. The molecule has 0 atom stereocenters. The summed E-state index contributed by atoms with van der Waals surface area (Å²) in [5.74, 6) is -1.77. The molecule has 0 bridgehead atoms. The molecule has 1 heterocycles. The maximum Gasteiger partial charge on any atom is 0.434 e. The first-order chi connectivity index (χ1) is 9.32. The summed E-state index contributed by atoms with van der Waals surface area (Å²) in [6.45, 7) is 1.40. The number of halogens is 4. The number of ether oxygens (including phenoxy) is 1. The fourth-order valence-electron chi connectivity index (χ4n) is 1.73. The van der Waals surface area contributed by atoms with E-state index in [4.69, 9.17) is 0 Å². The highest BCUT2D eigenvalue weighted by molar-refractivity contribution is 5.95. The molecule has 0 fully saturated rings. The van der Waals surface area contributed by atoms with E-state index < -0.39 is 29.2 Å². The standard InChI is InChI=1S/C13H9F4NO2/c1-2-20-12(19)9-6-7-5-8(14)3-4-10(7)18-11(9)13(15,16)17/h3-6H,2H2,1H3. The summed E-state index contributed by atoms with van der Waals surface area (Å²) in [6, 6.07) is 4.06. The van der Waals surface area contributed by atoms with Crippen LogP contribution in [0.2, 0.25) is 0 Å². The zero-order valence-corrected chi connectivity index (χ0v) is 10.3. The monoisotopic (exact) mass is 287 g/mol. The van der Waals surface area contributed by atoms with Gasteiger partial charge in [0, 0.05) is 5.39 Å². The quantitative estimate of drug-likeness (QED) is 0.626. The van der Waals surface area contributed by atoms with E-state index in [1.165, 1.54) is 6.92 Å². The van der Waals surface area contributed by atoms with Crippen molar-refractivity contribution in [2.75, 3.05) is 6.61 Å². The Kier molecular flexibility index (Phi) is 3.61. The number of esters is 1. The summed E-state index contributed by atoms with van der Waals surface area (Å²) in [6.07, 6.45) is -4.80. The molecule has 2 aromatic rings. The van der Waals surface area contributed by atoms with Gasteiger partial charge in [0.05, 0.1) is 17.7 Å². The van der Waals surface area contributed by atoms with Gasteiger partial charge in [-0.15, -0.1) is 0 Å². The van der Waals surface area contributed by atoms with Crippen LogP contribution in [0.3, 0.4) is 0 Å². The lowest BCUT2D eigenvalue weighted by atomic mass is 10.1. The van der Waals surface area contributed by atoms with Gasteiger partial charge in [-0.3, -0.25) is 0 Å². The number of hydrogen-bond acceptors (Lipinski definition) is 3. The molecule has 0 saturated carbocycles. The van der Waals surface area contributed by atoms with Gasteiger partial charge in [0.25, 0.3) is 0 Å². The van der Waals surface area contributed by atoms with Crippen LogP contribution in [0.1, 0.15) is 23.0 Å². The van der Waals surface area contributed by atoms with E-state index in [1.807, 2.05) is 0 Å². The molecule has 0 amide bonds. The highest BCUT2D eigenvalue weighted by Crippen LogP contribution is 2.32. The molecular weight excluding hydrogens is 278 g/mol. The minimum absolute atomic E-state index is 0.0493. The van der Waals surface area contributed by atoms with Gasteiger partial charge in [-0.25, -0.2) is 14.2 Å². The maximum absolute atomic E-state index is 13.1. The van der Waals surface area contributed by atoms with Crippen molar-refractivity contribution in [3.8, 4) is 0 Å². The van der Waals surface area contributed by atoms with Crippen molar-refractivity contribution in [3.63, 3.8) is 0 Å². The van der Waals surface area contributed by atoms with Crippen LogP contribution in [0.15, 0.2) is 24.3 Å². The van der Waals surface area contributed by atoms with Crippen LogP contribution >= 0.6 is 0 Å². The van der Waals surface area contributed by atoms with Crippen molar-refractivity contribution in [1.29, 1.82) is 0 Å². The molecule has 0 aliphatic rings. The second-order valence-electron chi connectivity index (χ2n) is 3.94. The third kappa shape index (κ3) is 2.71. The second kappa shape index (κ2) is 5.07. The molecule has 7 heteroatoms. The molecule has 0 N–H and O–H groups in total. The highest BCUT2D eigenvalue weighted by Gasteiger charge is 2.38. The molecular formula is C13H9F4NO2. The lowest BCUT2D eigenvalue weighted by molar-refractivity contribution is -0.141. The average Bonchev–Trinajstić information content (AvgIpc) is 2.36. The SMILES string of the molecule is CCOC(=O)c1cc2cc(F)ccc2nc1C(F)(F)F. The molecule has 0 spiro atoms. The predicted molar refractivity (Wildman–Crippen MR) is 62.7 cm³/mol. The first kappa shape index (κ1) is 14.2. The zero-order valence-electron chi connectivity index (χ0n) is 10.3. The summed E-state index contributed by atoms with van der Waals surface area (Å²) < 4.78 is 56.4. The molecule has 0 aliphatic heterocycles. The Labute approximate surface area is 111 Å². The predicted octanol–water partition coefficient (Wildman–Crippen LogP) is 3.57. The number of pyridine rings is 1. The number of fused-ring (bicyclic) bond motifs is 1. The van der Waals surface area contributed by atoms with Crippen molar-refractivity contribution in [2.45, 2.75) is 13.1 Å². The van der Waals surface area contributed by atoms with Crippen LogP contribution in [-0.4, -0.2) is 17.6 Å². The van der Waals surface area contributed by atoms with E-state index in [-0.39, 0.29) is 17.5 Å². The smallest absolute Gasteiger partial charge is 0.434 e. The number of alkyl halides is 3. The largest absolute Gasteiger partial charge is 0.462 e. The normalized spacial score (nSPS) is 11.7. The molecule has 2 rings (SSSR count). The summed E-state index contributed by atoms with van der Waals surface area (Å²) >= 11 is 0. The van der Waals surface area contributed by atoms with Crippen molar-refractivity contribution in [1.82, 2.24) is 4.98 Å². The van der Waals surface area contributed by atoms with Crippen molar-refractivity contribution in [3.05, 3.63) is 41.3 Å². The van der Waals surface area contributed by atoms with Gasteiger partial charge in [-0.05, 0) is 31.2 Å². The molecule has 0 unspecified atom stereocenters. The Morgan fingerprint density at radius 2 is 2.00 bits per heavy atom. The van der Waals surface area contributed by atoms with E-state index in [0.717, 1.165) is 24.3 Å². The van der Waals surface area contributed by atoms with Crippen LogP contribution in [0.4, 0.5) is 17.6 Å². The fourth-order valence-corrected chi connectivity index (χ4v) is 1.73. The summed E-state index contributed by atoms with van der Waals surface area (Å²) in [4.78, 5) is 15.0. The molecule has 1 aromatic heterocycles. The Balaban J connectivity index is 2.70. The molecule has 0 saturated heterocycles. The van der Waals surface area contributed by atoms with Gasteiger partial charge in [0.2, 0.25) is 0 Å². The third-order valence-corrected chi connectivity index (χ3v) is 2.54. The molecule has 106 valence electrons. The number of carbonyl (C=O) groups excluding carboxylic acids is 1. The van der Waals surface area contributed by atoms with Crippen LogP contribution in [0.5, 0.6) is 0 Å². The fraction of sp³-hybridized carbons (Fsp3) is 0.231. The van der Waals surface area contributed by atoms with Crippen LogP contribution in [0, 0.1) is 5.82 Å². The van der Waals surface area contributed by atoms with Gasteiger partial charge in [-0.1, -0.05) is 0 Å². The number of hydrogen-bond donors (Lipinski definition) is 0. The van der Waals surface area contributed by atoms with Gasteiger partial charge in [0.1, 0.15) is 5.82 Å². The number of carbonyl (C=O) groups is 1. The first-order valence-electron chi connectivity index (χ1n) is 5.67. The summed E-state index contributed by atoms with van der Waals surface area (Å²) in [5.41, 5.74) is -2.11. The van der Waals surface area contributed by atoms with Gasteiger partial charge in [0.15, 0.2) is 5.69 Å². The Bertz CT molecular complexity index is 667. The van der Waals surface area contributed by atoms with E-state index >= 15 is 0 Å². The lowest BCUT2D eigenvalue weighted by Crippen LogP contribution is -2.17. The van der Waals surface area contributed by atoms with Crippen molar-refractivity contribution < 1.29 is 27.1 Å². The van der Waals surface area contributed by atoms with Crippen LogP contribution in [-0.2, 0) is 10.9 Å². The summed E-state index contributed by atoms with van der Waals surface area (Å²) in [5, 5.41) is 0.0982. The van der Waals surface area contributed by atoms with Crippen LogP contribution in [0.25, 0.3) is 10.9 Å². The highest BCUT2D eigenvalue weighted by atomic mass is 19.4. The van der Waals surface area contributed by atoms with Gasteiger partial charge < -0.3 is 4.74 Å². The molecule has 20 heavy (non-hydrogen) atoms. The van der Waals surface area contributed by atoms with E-state index in [9.17, 15) is 22.4 Å². The van der Waals surface area contributed by atoms with Crippen molar-refractivity contribution >= 4 is 16.9 Å². The topological polar surface area (TPSA) is 39.2 Å². The Morgan fingerprint density at radius 1 is 1.30 bits per heavy atom.